The third-order valence-electron chi connectivity index (χ3n) is 4.89. The summed E-state index contributed by atoms with van der Waals surface area (Å²) in [7, 11) is 1.50. The van der Waals surface area contributed by atoms with Crippen LogP contribution in [0.2, 0.25) is 0 Å². The van der Waals surface area contributed by atoms with E-state index in [4.69, 9.17) is 4.74 Å². The third kappa shape index (κ3) is 6.17. The number of carbonyl (C=O) groups excluding carboxylic acids is 2. The van der Waals surface area contributed by atoms with Crippen LogP contribution in [0.1, 0.15) is 36.3 Å². The summed E-state index contributed by atoms with van der Waals surface area (Å²) in [6.07, 6.45) is 0.783. The molecule has 0 N–H and O–H groups in total. The number of hydrogen-bond donors (Lipinski definition) is 0. The maximum atomic E-state index is 13.2. The number of methoxy groups -OCH3 is 1. The summed E-state index contributed by atoms with van der Waals surface area (Å²) in [6, 6.07) is 12.0. The minimum absolute atomic E-state index is 0.0136. The van der Waals surface area contributed by atoms with Crippen molar-refractivity contribution >= 4 is 23.2 Å². The topological polar surface area (TPSA) is 49.9 Å². The molecule has 0 spiro atoms. The SMILES string of the molecule is CCC(C)N(CC(=O)N(Cc1ccccc1)Cc1sccc1C)C(=O)COC. The molecule has 0 saturated carbocycles. The molecule has 0 saturated heterocycles. The zero-order chi connectivity index (χ0) is 20.5. The zero-order valence-corrected chi connectivity index (χ0v) is 18.0. The van der Waals surface area contributed by atoms with Crippen LogP contribution >= 0.6 is 11.3 Å². The molecule has 6 heteroatoms. The molecular formula is C22H30N2O3S. The number of thiophene rings is 1. The number of carbonyl (C=O) groups is 2. The molecule has 0 fully saturated rings. The van der Waals surface area contributed by atoms with Gasteiger partial charge in [0.05, 0.1) is 6.54 Å². The molecule has 0 bridgehead atoms. The van der Waals surface area contributed by atoms with Gasteiger partial charge in [-0.2, -0.15) is 0 Å². The lowest BCUT2D eigenvalue weighted by Crippen LogP contribution is -2.47. The number of rotatable bonds is 10. The first kappa shape index (κ1) is 22.1. The van der Waals surface area contributed by atoms with Gasteiger partial charge < -0.3 is 14.5 Å². The molecule has 1 unspecified atom stereocenters. The lowest BCUT2D eigenvalue weighted by atomic mass is 10.2. The minimum Gasteiger partial charge on any atom is -0.375 e. The Balaban J connectivity index is 2.20. The van der Waals surface area contributed by atoms with E-state index in [1.807, 2.05) is 54.5 Å². The number of hydrogen-bond acceptors (Lipinski definition) is 4. The fourth-order valence-electron chi connectivity index (χ4n) is 2.94. The van der Waals surface area contributed by atoms with E-state index in [9.17, 15) is 9.59 Å². The Hall–Kier alpha value is -2.18. The van der Waals surface area contributed by atoms with Crippen molar-refractivity contribution in [3.63, 3.8) is 0 Å². The van der Waals surface area contributed by atoms with Crippen molar-refractivity contribution in [3.05, 3.63) is 57.8 Å². The van der Waals surface area contributed by atoms with E-state index in [1.165, 1.54) is 17.6 Å². The number of aryl methyl sites for hydroxylation is 1. The van der Waals surface area contributed by atoms with Crippen molar-refractivity contribution in [2.75, 3.05) is 20.3 Å². The van der Waals surface area contributed by atoms with Crippen LogP contribution in [-0.4, -0.2) is 47.9 Å². The van der Waals surface area contributed by atoms with Gasteiger partial charge in [0.25, 0.3) is 0 Å². The van der Waals surface area contributed by atoms with Crippen molar-refractivity contribution in [1.29, 1.82) is 0 Å². The molecule has 1 heterocycles. The summed E-state index contributed by atoms with van der Waals surface area (Å²) in [5.74, 6) is -0.210. The van der Waals surface area contributed by atoms with E-state index in [-0.39, 0.29) is 31.0 Å². The van der Waals surface area contributed by atoms with Crippen LogP contribution < -0.4 is 0 Å². The van der Waals surface area contributed by atoms with Gasteiger partial charge in [-0.3, -0.25) is 9.59 Å². The molecule has 28 heavy (non-hydrogen) atoms. The van der Waals surface area contributed by atoms with Gasteiger partial charge in [-0.05, 0) is 42.8 Å². The van der Waals surface area contributed by atoms with Crippen LogP contribution in [0.4, 0.5) is 0 Å². The van der Waals surface area contributed by atoms with Gasteiger partial charge in [0.1, 0.15) is 13.2 Å². The van der Waals surface area contributed by atoms with Crippen molar-refractivity contribution in [2.45, 2.75) is 46.3 Å². The van der Waals surface area contributed by atoms with Gasteiger partial charge in [0, 0.05) is 24.6 Å². The summed E-state index contributed by atoms with van der Waals surface area (Å²) in [5, 5.41) is 2.05. The second kappa shape index (κ2) is 11.0. The molecule has 1 aromatic heterocycles. The Morgan fingerprint density at radius 2 is 1.82 bits per heavy atom. The molecular weight excluding hydrogens is 372 g/mol. The Labute approximate surface area is 171 Å². The van der Waals surface area contributed by atoms with Crippen LogP contribution in [0.5, 0.6) is 0 Å². The summed E-state index contributed by atoms with van der Waals surface area (Å²) in [5.41, 5.74) is 2.26. The van der Waals surface area contributed by atoms with Crippen molar-refractivity contribution in [2.24, 2.45) is 0 Å². The first-order valence-corrected chi connectivity index (χ1v) is 10.5. The number of nitrogens with zero attached hydrogens (tertiary/aromatic N) is 2. The molecule has 0 aliphatic rings. The van der Waals surface area contributed by atoms with Gasteiger partial charge in [-0.25, -0.2) is 0 Å². The van der Waals surface area contributed by atoms with Crippen LogP contribution in [-0.2, 0) is 27.4 Å². The van der Waals surface area contributed by atoms with E-state index in [2.05, 4.69) is 13.0 Å². The summed E-state index contributed by atoms with van der Waals surface area (Å²) >= 11 is 1.66. The predicted molar refractivity (Wildman–Crippen MR) is 113 cm³/mol. The minimum atomic E-state index is -0.155. The summed E-state index contributed by atoms with van der Waals surface area (Å²) in [6.45, 7) is 7.15. The fourth-order valence-corrected chi connectivity index (χ4v) is 3.86. The van der Waals surface area contributed by atoms with Gasteiger partial charge in [-0.15, -0.1) is 11.3 Å². The Morgan fingerprint density at radius 1 is 1.11 bits per heavy atom. The molecule has 0 aliphatic heterocycles. The summed E-state index contributed by atoms with van der Waals surface area (Å²) in [4.78, 5) is 30.3. The van der Waals surface area contributed by atoms with Gasteiger partial charge in [-0.1, -0.05) is 37.3 Å². The van der Waals surface area contributed by atoms with Crippen LogP contribution in [0.3, 0.4) is 0 Å². The highest BCUT2D eigenvalue weighted by Gasteiger charge is 2.25. The van der Waals surface area contributed by atoms with Crippen LogP contribution in [0.25, 0.3) is 0 Å². The second-order valence-electron chi connectivity index (χ2n) is 6.97. The lowest BCUT2D eigenvalue weighted by Gasteiger charge is -2.31. The quantitative estimate of drug-likeness (QED) is 0.606. The first-order valence-electron chi connectivity index (χ1n) is 9.59. The molecule has 0 radical (unpaired) electrons. The highest BCUT2D eigenvalue weighted by molar-refractivity contribution is 7.10. The highest BCUT2D eigenvalue weighted by atomic mass is 32.1. The molecule has 1 atom stereocenters. The lowest BCUT2D eigenvalue weighted by molar-refractivity contribution is -0.145. The van der Waals surface area contributed by atoms with Gasteiger partial charge in [0.2, 0.25) is 11.8 Å². The average Bonchev–Trinajstić information content (AvgIpc) is 3.10. The van der Waals surface area contributed by atoms with E-state index in [0.717, 1.165) is 12.0 Å². The second-order valence-corrected chi connectivity index (χ2v) is 7.97. The standard InChI is InChI=1S/C22H30N2O3S/c1-5-18(3)24(22(26)16-27-4)15-21(25)23(13-19-9-7-6-8-10-19)14-20-17(2)11-12-28-20/h6-12,18H,5,13-16H2,1-4H3. The number of amides is 2. The van der Waals surface area contributed by atoms with Gasteiger partial charge in [0.15, 0.2) is 0 Å². The Kier molecular flexibility index (Phi) is 8.67. The van der Waals surface area contributed by atoms with Gasteiger partial charge >= 0.3 is 0 Å². The maximum absolute atomic E-state index is 13.2. The Bertz CT molecular complexity index is 760. The average molecular weight is 403 g/mol. The largest absolute Gasteiger partial charge is 0.375 e. The zero-order valence-electron chi connectivity index (χ0n) is 17.2. The van der Waals surface area contributed by atoms with E-state index in [0.29, 0.717) is 13.1 Å². The molecule has 1 aromatic carbocycles. The van der Waals surface area contributed by atoms with Crippen molar-refractivity contribution < 1.29 is 14.3 Å². The third-order valence-corrected chi connectivity index (χ3v) is 5.90. The molecule has 2 aromatic rings. The fraction of sp³-hybridized carbons (Fsp3) is 0.455. The predicted octanol–water partition coefficient (Wildman–Crippen LogP) is 3.86. The molecule has 2 amide bonds. The van der Waals surface area contributed by atoms with Crippen LogP contribution in [0, 0.1) is 6.92 Å². The van der Waals surface area contributed by atoms with E-state index in [1.54, 1.807) is 16.2 Å². The van der Waals surface area contributed by atoms with E-state index < -0.39 is 0 Å². The molecule has 152 valence electrons. The van der Waals surface area contributed by atoms with Crippen LogP contribution in [0.15, 0.2) is 41.8 Å². The monoisotopic (exact) mass is 402 g/mol. The van der Waals surface area contributed by atoms with E-state index >= 15 is 0 Å². The molecule has 2 rings (SSSR count). The van der Waals surface area contributed by atoms with Crippen molar-refractivity contribution in [3.8, 4) is 0 Å². The number of ether oxygens (including phenoxy) is 1. The van der Waals surface area contributed by atoms with Crippen molar-refractivity contribution in [1.82, 2.24) is 9.80 Å². The first-order chi connectivity index (χ1) is 13.5. The normalized spacial score (nSPS) is 11.9. The highest BCUT2D eigenvalue weighted by Crippen LogP contribution is 2.20. The Morgan fingerprint density at radius 3 is 2.39 bits per heavy atom. The summed E-state index contributed by atoms with van der Waals surface area (Å²) < 4.78 is 5.00. The number of benzene rings is 1. The smallest absolute Gasteiger partial charge is 0.249 e. The molecule has 5 nitrogen and oxygen atoms in total. The maximum Gasteiger partial charge on any atom is 0.249 e. The molecule has 0 aliphatic carbocycles.